The van der Waals surface area contributed by atoms with E-state index in [0.717, 1.165) is 24.2 Å². The summed E-state index contributed by atoms with van der Waals surface area (Å²) in [7, 11) is 0. The van der Waals surface area contributed by atoms with Crippen LogP contribution in [0.1, 0.15) is 45.6 Å². The van der Waals surface area contributed by atoms with Crippen molar-refractivity contribution in [2.75, 3.05) is 0 Å². The van der Waals surface area contributed by atoms with E-state index < -0.39 is 0 Å². The fraction of sp³-hybridized carbons (Fsp3) is 0.533. The molecule has 0 aliphatic rings. The van der Waals surface area contributed by atoms with E-state index in [-0.39, 0.29) is 6.10 Å². The second kappa shape index (κ2) is 7.10. The van der Waals surface area contributed by atoms with Gasteiger partial charge >= 0.3 is 0 Å². The highest BCUT2D eigenvalue weighted by molar-refractivity contribution is 5.80. The minimum Gasteiger partial charge on any atom is -0.491 e. The molecular weight excluding hydrogens is 212 g/mol. The number of benzene rings is 1. The van der Waals surface area contributed by atoms with Crippen LogP contribution in [0.3, 0.4) is 0 Å². The van der Waals surface area contributed by atoms with Gasteiger partial charge in [-0.3, -0.25) is 4.79 Å². The molecule has 1 rings (SSSR count). The van der Waals surface area contributed by atoms with Gasteiger partial charge in [0, 0.05) is 12.8 Å². The first-order chi connectivity index (χ1) is 8.11. The molecule has 0 saturated heterocycles. The average molecular weight is 234 g/mol. The molecule has 2 nitrogen and oxygen atoms in total. The Hall–Kier alpha value is -1.31. The zero-order valence-electron chi connectivity index (χ0n) is 11.0. The first-order valence-electron chi connectivity index (χ1n) is 6.39. The van der Waals surface area contributed by atoms with Gasteiger partial charge in [-0.2, -0.15) is 0 Å². The zero-order valence-corrected chi connectivity index (χ0v) is 11.0. The molecular formula is C15H22O2. The highest BCUT2D eigenvalue weighted by Crippen LogP contribution is 2.14. The Morgan fingerprint density at radius 3 is 2.41 bits per heavy atom. The Morgan fingerprint density at radius 1 is 1.24 bits per heavy atom. The van der Waals surface area contributed by atoms with Crippen LogP contribution in [0.15, 0.2) is 24.3 Å². The third kappa shape index (κ3) is 5.53. The normalized spacial score (nSPS) is 10.6. The van der Waals surface area contributed by atoms with Crippen LogP contribution in [0, 0.1) is 0 Å². The summed E-state index contributed by atoms with van der Waals surface area (Å²) in [5.41, 5.74) is 1.07. The van der Waals surface area contributed by atoms with E-state index in [2.05, 4.69) is 6.92 Å². The van der Waals surface area contributed by atoms with Gasteiger partial charge in [-0.1, -0.05) is 25.5 Å². The first-order valence-corrected chi connectivity index (χ1v) is 6.39. The molecule has 0 spiro atoms. The Morgan fingerprint density at radius 2 is 1.88 bits per heavy atom. The summed E-state index contributed by atoms with van der Waals surface area (Å²) in [5, 5.41) is 0. The van der Waals surface area contributed by atoms with Crippen LogP contribution >= 0.6 is 0 Å². The molecule has 94 valence electrons. The van der Waals surface area contributed by atoms with E-state index in [4.69, 9.17) is 4.74 Å². The molecule has 0 aliphatic heterocycles. The monoisotopic (exact) mass is 234 g/mol. The summed E-state index contributed by atoms with van der Waals surface area (Å²) in [6.07, 6.45) is 3.50. The molecule has 0 fully saturated rings. The van der Waals surface area contributed by atoms with Crippen LogP contribution in [0.25, 0.3) is 0 Å². The molecule has 0 heterocycles. The lowest BCUT2D eigenvalue weighted by atomic mass is 10.1. The maximum Gasteiger partial charge on any atom is 0.137 e. The molecule has 17 heavy (non-hydrogen) atoms. The van der Waals surface area contributed by atoms with E-state index in [9.17, 15) is 4.79 Å². The summed E-state index contributed by atoms with van der Waals surface area (Å²) >= 11 is 0. The maximum atomic E-state index is 11.6. The molecule has 0 bridgehead atoms. The number of carbonyl (C=O) groups excluding carboxylic acids is 1. The third-order valence-electron chi connectivity index (χ3n) is 2.51. The minimum absolute atomic E-state index is 0.187. The lowest BCUT2D eigenvalue weighted by Gasteiger charge is -2.09. The molecule has 2 heteroatoms. The highest BCUT2D eigenvalue weighted by Gasteiger charge is 2.04. The number of carbonyl (C=O) groups is 1. The van der Waals surface area contributed by atoms with E-state index in [1.54, 1.807) is 0 Å². The number of unbranched alkanes of at least 4 members (excludes halogenated alkanes) is 1. The molecule has 0 aliphatic carbocycles. The lowest BCUT2D eigenvalue weighted by molar-refractivity contribution is -0.118. The molecule has 0 radical (unpaired) electrons. The van der Waals surface area contributed by atoms with E-state index in [1.807, 2.05) is 38.1 Å². The summed E-state index contributed by atoms with van der Waals surface area (Å²) in [5.74, 6) is 1.19. The van der Waals surface area contributed by atoms with Crippen molar-refractivity contribution in [3.8, 4) is 5.75 Å². The van der Waals surface area contributed by atoms with Crippen molar-refractivity contribution >= 4 is 5.78 Å². The largest absolute Gasteiger partial charge is 0.491 e. The minimum atomic E-state index is 0.187. The molecule has 0 N–H and O–H groups in total. The lowest BCUT2D eigenvalue weighted by Crippen LogP contribution is -2.06. The number of ketones is 1. The van der Waals surface area contributed by atoms with E-state index in [0.29, 0.717) is 18.6 Å². The van der Waals surface area contributed by atoms with Gasteiger partial charge in [-0.15, -0.1) is 0 Å². The van der Waals surface area contributed by atoms with Crippen molar-refractivity contribution < 1.29 is 9.53 Å². The van der Waals surface area contributed by atoms with Crippen molar-refractivity contribution in [2.45, 2.75) is 52.6 Å². The van der Waals surface area contributed by atoms with Crippen molar-refractivity contribution in [1.29, 1.82) is 0 Å². The fourth-order valence-electron chi connectivity index (χ4n) is 1.65. The second-order valence-electron chi connectivity index (χ2n) is 4.63. The Balaban J connectivity index is 2.47. The van der Waals surface area contributed by atoms with Gasteiger partial charge in [-0.25, -0.2) is 0 Å². The topological polar surface area (TPSA) is 26.3 Å². The first kappa shape index (κ1) is 13.8. The number of rotatable bonds is 7. The molecule has 0 atom stereocenters. The van der Waals surface area contributed by atoms with Gasteiger partial charge in [0.2, 0.25) is 0 Å². The van der Waals surface area contributed by atoms with Gasteiger partial charge in [0.1, 0.15) is 11.5 Å². The number of hydrogen-bond donors (Lipinski definition) is 0. The summed E-state index contributed by atoms with van der Waals surface area (Å²) in [4.78, 5) is 11.6. The van der Waals surface area contributed by atoms with Gasteiger partial charge in [0.15, 0.2) is 0 Å². The fourth-order valence-corrected chi connectivity index (χ4v) is 1.65. The van der Waals surface area contributed by atoms with Crippen molar-refractivity contribution in [3.05, 3.63) is 29.8 Å². The molecule has 0 unspecified atom stereocenters. The van der Waals surface area contributed by atoms with Crippen molar-refractivity contribution in [2.24, 2.45) is 0 Å². The van der Waals surface area contributed by atoms with E-state index in [1.165, 1.54) is 0 Å². The number of hydrogen-bond acceptors (Lipinski definition) is 2. The smallest absolute Gasteiger partial charge is 0.137 e. The third-order valence-corrected chi connectivity index (χ3v) is 2.51. The summed E-state index contributed by atoms with van der Waals surface area (Å²) in [6.45, 7) is 6.11. The molecule has 0 saturated carbocycles. The van der Waals surface area contributed by atoms with Crippen LogP contribution in [-0.4, -0.2) is 11.9 Å². The predicted molar refractivity (Wildman–Crippen MR) is 70.4 cm³/mol. The van der Waals surface area contributed by atoms with Crippen LogP contribution < -0.4 is 4.74 Å². The molecule has 1 aromatic rings. The van der Waals surface area contributed by atoms with Crippen LogP contribution in [-0.2, 0) is 11.2 Å². The zero-order chi connectivity index (χ0) is 12.7. The number of Topliss-reactive ketones (excluding diaryl/α,β-unsaturated/α-hetero) is 1. The van der Waals surface area contributed by atoms with Crippen LogP contribution in [0.2, 0.25) is 0 Å². The van der Waals surface area contributed by atoms with Crippen molar-refractivity contribution in [3.63, 3.8) is 0 Å². The van der Waals surface area contributed by atoms with Crippen LogP contribution in [0.4, 0.5) is 0 Å². The summed E-state index contributed by atoms with van der Waals surface area (Å²) < 4.78 is 5.55. The Kier molecular flexibility index (Phi) is 5.75. The van der Waals surface area contributed by atoms with Gasteiger partial charge in [0.05, 0.1) is 6.10 Å². The molecule has 1 aromatic carbocycles. The average Bonchev–Trinajstić information content (AvgIpc) is 2.28. The Labute approximate surface area is 104 Å². The highest BCUT2D eigenvalue weighted by atomic mass is 16.5. The van der Waals surface area contributed by atoms with Crippen LogP contribution in [0.5, 0.6) is 5.75 Å². The van der Waals surface area contributed by atoms with Crippen molar-refractivity contribution in [1.82, 2.24) is 0 Å². The van der Waals surface area contributed by atoms with E-state index >= 15 is 0 Å². The van der Waals surface area contributed by atoms with Gasteiger partial charge < -0.3 is 4.74 Å². The molecule has 0 amide bonds. The summed E-state index contributed by atoms with van der Waals surface area (Å²) in [6, 6.07) is 7.81. The number of ether oxygens (including phenoxy) is 1. The maximum absolute atomic E-state index is 11.6. The van der Waals surface area contributed by atoms with Gasteiger partial charge in [-0.05, 0) is 38.0 Å². The SMILES string of the molecule is CCCCC(=O)Cc1ccc(OC(C)C)cc1. The predicted octanol–water partition coefficient (Wildman–Crippen LogP) is 3.78. The second-order valence-corrected chi connectivity index (χ2v) is 4.63. The molecule has 0 aromatic heterocycles. The van der Waals surface area contributed by atoms with Gasteiger partial charge in [0.25, 0.3) is 0 Å². The Bertz CT molecular complexity index is 338. The quantitative estimate of drug-likeness (QED) is 0.717. The standard InChI is InChI=1S/C15H22O2/c1-4-5-6-14(16)11-13-7-9-15(10-8-13)17-12(2)3/h7-10,12H,4-6,11H2,1-3H3.